The highest BCUT2D eigenvalue weighted by Crippen LogP contribution is 2.36. The lowest BCUT2D eigenvalue weighted by atomic mass is 10.0. The van der Waals surface area contributed by atoms with Crippen molar-refractivity contribution in [3.05, 3.63) is 53.8 Å². The molecular formula is C18H16FNO4. The molecular weight excluding hydrogens is 313 g/mol. The zero-order valence-electron chi connectivity index (χ0n) is 13.2. The highest BCUT2D eigenvalue weighted by molar-refractivity contribution is 5.73. The molecule has 0 aliphatic carbocycles. The van der Waals surface area contributed by atoms with Gasteiger partial charge in [-0.05, 0) is 36.4 Å². The number of rotatable bonds is 5. The molecule has 3 aromatic rings. The van der Waals surface area contributed by atoms with Crippen LogP contribution in [0.15, 0.2) is 47.0 Å². The molecule has 5 nitrogen and oxygen atoms in total. The number of aromatic nitrogens is 1. The first-order valence-electron chi connectivity index (χ1n) is 7.25. The van der Waals surface area contributed by atoms with Crippen LogP contribution in [0.1, 0.15) is 5.56 Å². The Balaban J connectivity index is 2.11. The second-order valence-corrected chi connectivity index (χ2v) is 5.11. The molecule has 3 rings (SSSR count). The number of methoxy groups -OCH3 is 2. The van der Waals surface area contributed by atoms with Gasteiger partial charge in [-0.25, -0.2) is 4.39 Å². The third kappa shape index (κ3) is 2.96. The summed E-state index contributed by atoms with van der Waals surface area (Å²) in [5, 5.41) is 13.8. The second-order valence-electron chi connectivity index (χ2n) is 5.11. The van der Waals surface area contributed by atoms with Gasteiger partial charge in [0.2, 0.25) is 0 Å². The lowest BCUT2D eigenvalue weighted by Crippen LogP contribution is -1.92. The highest BCUT2D eigenvalue weighted by Gasteiger charge is 2.19. The van der Waals surface area contributed by atoms with Gasteiger partial charge in [-0.15, -0.1) is 0 Å². The van der Waals surface area contributed by atoms with E-state index in [1.165, 1.54) is 12.1 Å². The molecule has 0 amide bonds. The maximum absolute atomic E-state index is 13.1. The van der Waals surface area contributed by atoms with Crippen LogP contribution in [0.4, 0.5) is 4.39 Å². The van der Waals surface area contributed by atoms with E-state index in [0.29, 0.717) is 39.6 Å². The molecule has 0 spiro atoms. The number of nitrogens with zero attached hydrogens (tertiary/aromatic N) is 1. The maximum atomic E-state index is 13.1. The summed E-state index contributed by atoms with van der Waals surface area (Å²) in [5.74, 6) is 1.25. The SMILES string of the molecule is COc1cc(OC)cc(-c2onc(-c3ccc(F)cc3)c2CO)c1. The van der Waals surface area contributed by atoms with Gasteiger partial charge in [0.05, 0.1) is 26.4 Å². The summed E-state index contributed by atoms with van der Waals surface area (Å²) in [5.41, 5.74) is 2.30. The molecule has 0 unspecified atom stereocenters. The summed E-state index contributed by atoms with van der Waals surface area (Å²) >= 11 is 0. The van der Waals surface area contributed by atoms with E-state index in [0.717, 1.165) is 0 Å². The molecule has 1 aromatic heterocycles. The van der Waals surface area contributed by atoms with Crippen molar-refractivity contribution in [3.63, 3.8) is 0 Å². The van der Waals surface area contributed by atoms with Gasteiger partial charge < -0.3 is 19.1 Å². The van der Waals surface area contributed by atoms with Gasteiger partial charge in [0.25, 0.3) is 0 Å². The number of hydrogen-bond acceptors (Lipinski definition) is 5. The average molecular weight is 329 g/mol. The van der Waals surface area contributed by atoms with Crippen molar-refractivity contribution < 1.29 is 23.5 Å². The van der Waals surface area contributed by atoms with Crippen molar-refractivity contribution in [1.82, 2.24) is 5.16 Å². The summed E-state index contributed by atoms with van der Waals surface area (Å²) < 4.78 is 29.0. The molecule has 2 aromatic carbocycles. The van der Waals surface area contributed by atoms with E-state index in [2.05, 4.69) is 5.16 Å². The van der Waals surface area contributed by atoms with Gasteiger partial charge in [0, 0.05) is 17.2 Å². The van der Waals surface area contributed by atoms with Gasteiger partial charge in [0.1, 0.15) is 23.0 Å². The molecule has 0 atom stereocenters. The number of aliphatic hydroxyl groups excluding tert-OH is 1. The van der Waals surface area contributed by atoms with Crippen molar-refractivity contribution in [2.24, 2.45) is 0 Å². The Morgan fingerprint density at radius 1 is 1.00 bits per heavy atom. The Morgan fingerprint density at radius 3 is 2.17 bits per heavy atom. The highest BCUT2D eigenvalue weighted by atomic mass is 19.1. The molecule has 0 radical (unpaired) electrons. The van der Waals surface area contributed by atoms with Crippen LogP contribution >= 0.6 is 0 Å². The Labute approximate surface area is 138 Å². The van der Waals surface area contributed by atoms with Crippen LogP contribution in [0.25, 0.3) is 22.6 Å². The molecule has 6 heteroatoms. The minimum Gasteiger partial charge on any atom is -0.497 e. The van der Waals surface area contributed by atoms with Crippen molar-refractivity contribution >= 4 is 0 Å². The van der Waals surface area contributed by atoms with E-state index in [-0.39, 0.29) is 12.4 Å². The van der Waals surface area contributed by atoms with E-state index < -0.39 is 0 Å². The third-order valence-corrected chi connectivity index (χ3v) is 3.68. The molecule has 0 saturated carbocycles. The summed E-state index contributed by atoms with van der Waals surface area (Å²) in [6.45, 7) is -0.273. The van der Waals surface area contributed by atoms with Crippen molar-refractivity contribution in [1.29, 1.82) is 0 Å². The smallest absolute Gasteiger partial charge is 0.173 e. The second kappa shape index (κ2) is 6.72. The third-order valence-electron chi connectivity index (χ3n) is 3.68. The van der Waals surface area contributed by atoms with Gasteiger partial charge >= 0.3 is 0 Å². The van der Waals surface area contributed by atoms with Crippen molar-refractivity contribution in [3.8, 4) is 34.1 Å². The predicted molar refractivity (Wildman–Crippen MR) is 86.4 cm³/mol. The van der Waals surface area contributed by atoms with Gasteiger partial charge in [-0.2, -0.15) is 0 Å². The maximum Gasteiger partial charge on any atom is 0.173 e. The molecule has 24 heavy (non-hydrogen) atoms. The van der Waals surface area contributed by atoms with Gasteiger partial charge in [0.15, 0.2) is 5.76 Å². The molecule has 0 saturated heterocycles. The zero-order chi connectivity index (χ0) is 17.1. The molecule has 124 valence electrons. The number of ether oxygens (including phenoxy) is 2. The zero-order valence-corrected chi connectivity index (χ0v) is 13.2. The Kier molecular flexibility index (Phi) is 4.48. The fourth-order valence-electron chi connectivity index (χ4n) is 2.46. The van der Waals surface area contributed by atoms with Crippen LogP contribution in [0, 0.1) is 5.82 Å². The fraction of sp³-hybridized carbons (Fsp3) is 0.167. The first kappa shape index (κ1) is 16.0. The topological polar surface area (TPSA) is 64.7 Å². The summed E-state index contributed by atoms with van der Waals surface area (Å²) in [4.78, 5) is 0. The van der Waals surface area contributed by atoms with Crippen molar-refractivity contribution in [2.75, 3.05) is 14.2 Å². The minimum absolute atomic E-state index is 0.273. The number of halogens is 1. The number of aliphatic hydroxyl groups is 1. The summed E-state index contributed by atoms with van der Waals surface area (Å²) in [7, 11) is 3.10. The van der Waals surface area contributed by atoms with E-state index >= 15 is 0 Å². The van der Waals surface area contributed by atoms with Crippen LogP contribution in [0.5, 0.6) is 11.5 Å². The van der Waals surface area contributed by atoms with E-state index in [1.807, 2.05) is 0 Å². The lowest BCUT2D eigenvalue weighted by molar-refractivity contribution is 0.281. The molecule has 1 N–H and O–H groups in total. The molecule has 0 aliphatic heterocycles. The number of hydrogen-bond donors (Lipinski definition) is 1. The Hall–Kier alpha value is -2.86. The standard InChI is InChI=1S/C18H16FNO4/c1-22-14-7-12(8-15(9-14)23-2)18-16(10-21)17(20-24-18)11-3-5-13(19)6-4-11/h3-9,21H,10H2,1-2H3. The molecule has 0 bridgehead atoms. The fourth-order valence-corrected chi connectivity index (χ4v) is 2.46. The van der Waals surface area contributed by atoms with Crippen molar-refractivity contribution in [2.45, 2.75) is 6.61 Å². The predicted octanol–water partition coefficient (Wildman–Crippen LogP) is 3.66. The Bertz CT molecular complexity index is 820. The quantitative estimate of drug-likeness (QED) is 0.774. The molecule has 0 aliphatic rings. The molecule has 1 heterocycles. The lowest BCUT2D eigenvalue weighted by Gasteiger charge is -2.07. The van der Waals surface area contributed by atoms with E-state index in [1.54, 1.807) is 44.6 Å². The van der Waals surface area contributed by atoms with Gasteiger partial charge in [-0.1, -0.05) is 5.16 Å². The molecule has 0 fully saturated rings. The van der Waals surface area contributed by atoms with Crippen LogP contribution in [-0.4, -0.2) is 24.5 Å². The minimum atomic E-state index is -0.342. The van der Waals surface area contributed by atoms with E-state index in [9.17, 15) is 9.50 Å². The average Bonchev–Trinajstić information content (AvgIpc) is 3.05. The Morgan fingerprint density at radius 2 is 1.62 bits per heavy atom. The van der Waals surface area contributed by atoms with Crippen LogP contribution in [-0.2, 0) is 6.61 Å². The normalized spacial score (nSPS) is 10.7. The van der Waals surface area contributed by atoms with Crippen LogP contribution in [0.2, 0.25) is 0 Å². The van der Waals surface area contributed by atoms with Crippen LogP contribution < -0.4 is 9.47 Å². The monoisotopic (exact) mass is 329 g/mol. The van der Waals surface area contributed by atoms with E-state index in [4.69, 9.17) is 14.0 Å². The summed E-state index contributed by atoms with van der Waals surface area (Å²) in [6.07, 6.45) is 0. The first-order valence-corrected chi connectivity index (χ1v) is 7.25. The number of benzene rings is 2. The van der Waals surface area contributed by atoms with Crippen LogP contribution in [0.3, 0.4) is 0 Å². The largest absolute Gasteiger partial charge is 0.497 e. The first-order chi connectivity index (χ1) is 11.7. The summed E-state index contributed by atoms with van der Waals surface area (Å²) in [6, 6.07) is 11.1. The van der Waals surface area contributed by atoms with Gasteiger partial charge in [-0.3, -0.25) is 0 Å².